The molecule has 0 aromatic heterocycles. The molecule has 0 saturated heterocycles. The second-order valence-corrected chi connectivity index (χ2v) is 11.7. The molecular weight excluding hydrogens is 466 g/mol. The topological polar surface area (TPSA) is 113 Å². The molecule has 0 atom stereocenters. The first-order valence-electron chi connectivity index (χ1n) is 10.5. The first kappa shape index (κ1) is 24.9. The summed E-state index contributed by atoms with van der Waals surface area (Å²) in [4.78, 5) is 38.5. The molecule has 1 aliphatic heterocycles. The monoisotopic (exact) mass is 491 g/mol. The first-order valence-corrected chi connectivity index (χ1v) is 12.3. The minimum Gasteiger partial charge on any atom is -0.326 e. The molecule has 2 aromatic carbocycles. The lowest BCUT2D eigenvalue weighted by Gasteiger charge is -2.19. The summed E-state index contributed by atoms with van der Waals surface area (Å²) in [7, 11) is -3.39. The largest absolute Gasteiger partial charge is 0.326 e. The number of hydrogen-bond donors (Lipinski definition) is 2. The lowest BCUT2D eigenvalue weighted by atomic mass is 10.1. The summed E-state index contributed by atoms with van der Waals surface area (Å²) >= 11 is 5.94. The number of carbonyl (C=O) groups excluding carboxylic acids is 3. The molecule has 176 valence electrons. The molecule has 3 rings (SSSR count). The Labute approximate surface area is 198 Å². The number of imide groups is 1. The number of sulfonamides is 1. The number of nitrogens with one attached hydrogen (secondary N) is 2. The van der Waals surface area contributed by atoms with Gasteiger partial charge in [-0.1, -0.05) is 11.6 Å². The van der Waals surface area contributed by atoms with E-state index in [1.165, 1.54) is 12.1 Å². The van der Waals surface area contributed by atoms with Gasteiger partial charge < -0.3 is 5.32 Å². The van der Waals surface area contributed by atoms with E-state index < -0.39 is 26.6 Å². The molecule has 0 fully saturated rings. The van der Waals surface area contributed by atoms with Crippen molar-refractivity contribution in [3.63, 3.8) is 0 Å². The van der Waals surface area contributed by atoms with Crippen molar-refractivity contribution in [1.82, 2.24) is 4.72 Å². The Morgan fingerprint density at radius 2 is 1.61 bits per heavy atom. The van der Waals surface area contributed by atoms with Crippen LogP contribution >= 0.6 is 11.6 Å². The van der Waals surface area contributed by atoms with Gasteiger partial charge in [-0.2, -0.15) is 0 Å². The van der Waals surface area contributed by atoms with Gasteiger partial charge in [-0.25, -0.2) is 18.0 Å². The zero-order chi connectivity index (χ0) is 24.4. The Morgan fingerprint density at radius 3 is 2.24 bits per heavy atom. The predicted octanol–water partition coefficient (Wildman–Crippen LogP) is 3.97. The van der Waals surface area contributed by atoms with Crippen molar-refractivity contribution in [3.05, 3.63) is 58.6 Å². The van der Waals surface area contributed by atoms with Crippen LogP contribution in [0.1, 0.15) is 60.7 Å². The third-order valence-electron chi connectivity index (χ3n) is 5.19. The van der Waals surface area contributed by atoms with Crippen LogP contribution in [0.4, 0.5) is 11.4 Å². The molecule has 1 aliphatic rings. The zero-order valence-electron chi connectivity index (χ0n) is 18.6. The molecule has 0 spiro atoms. The fourth-order valence-electron chi connectivity index (χ4n) is 3.20. The first-order chi connectivity index (χ1) is 15.4. The maximum Gasteiger partial charge on any atom is 0.266 e. The molecule has 2 aromatic rings. The second kappa shape index (κ2) is 9.62. The number of benzene rings is 2. The quantitative estimate of drug-likeness (QED) is 0.428. The average Bonchev–Trinajstić information content (AvgIpc) is 2.97. The van der Waals surface area contributed by atoms with Crippen LogP contribution < -0.4 is 14.9 Å². The number of rotatable bonds is 8. The van der Waals surface area contributed by atoms with Crippen LogP contribution in [0.3, 0.4) is 0 Å². The molecule has 2 N–H and O–H groups in total. The van der Waals surface area contributed by atoms with Gasteiger partial charge in [0.25, 0.3) is 11.8 Å². The molecule has 10 heteroatoms. The molecule has 0 bridgehead atoms. The van der Waals surface area contributed by atoms with E-state index in [-0.39, 0.29) is 24.4 Å². The highest BCUT2D eigenvalue weighted by Gasteiger charge is 2.36. The van der Waals surface area contributed by atoms with Gasteiger partial charge in [0.15, 0.2) is 0 Å². The number of nitrogens with zero attached hydrogens (tertiary/aromatic N) is 1. The van der Waals surface area contributed by atoms with Crippen LogP contribution in [0.2, 0.25) is 5.02 Å². The van der Waals surface area contributed by atoms with Crippen LogP contribution in [-0.2, 0) is 14.8 Å². The second-order valence-electron chi connectivity index (χ2n) is 8.70. The van der Waals surface area contributed by atoms with E-state index in [2.05, 4.69) is 10.0 Å². The molecule has 33 heavy (non-hydrogen) atoms. The van der Waals surface area contributed by atoms with E-state index in [1.54, 1.807) is 51.1 Å². The standard InChI is InChI=1S/C23H26ClN3O5S/c1-23(2,3)33(31,32)25-13-5-4-6-20(28)26-16-8-10-17(11-9-16)27-21(29)18-12-7-15(24)14-19(18)22(27)30/h7-12,14,25H,4-6,13H2,1-3H3,(H,26,28). The van der Waals surface area contributed by atoms with Crippen LogP contribution in [-0.4, -0.2) is 37.4 Å². The number of anilines is 2. The molecular formula is C23H26ClN3O5S. The van der Waals surface area contributed by atoms with Gasteiger partial charge in [0.05, 0.1) is 21.6 Å². The van der Waals surface area contributed by atoms with Crippen molar-refractivity contribution in [2.75, 3.05) is 16.8 Å². The third kappa shape index (κ3) is 5.61. The fraction of sp³-hybridized carbons (Fsp3) is 0.348. The normalized spacial score (nSPS) is 13.9. The van der Waals surface area contributed by atoms with Crippen molar-refractivity contribution < 1.29 is 22.8 Å². The smallest absolute Gasteiger partial charge is 0.266 e. The van der Waals surface area contributed by atoms with Crippen LogP contribution in [0, 0.1) is 0 Å². The molecule has 0 radical (unpaired) electrons. The number of amides is 3. The lowest BCUT2D eigenvalue weighted by molar-refractivity contribution is -0.116. The van der Waals surface area contributed by atoms with Gasteiger partial charge in [-0.3, -0.25) is 14.4 Å². The third-order valence-corrected chi connectivity index (χ3v) is 7.62. The minimum atomic E-state index is -3.39. The molecule has 0 unspecified atom stereocenters. The molecule has 8 nitrogen and oxygen atoms in total. The van der Waals surface area contributed by atoms with E-state index in [9.17, 15) is 22.8 Å². The summed E-state index contributed by atoms with van der Waals surface area (Å²) in [6, 6.07) is 11.0. The molecule has 1 heterocycles. The number of hydrogen-bond acceptors (Lipinski definition) is 5. The SMILES string of the molecule is CC(C)(C)S(=O)(=O)NCCCCC(=O)Nc1ccc(N2C(=O)c3ccc(Cl)cc3C2=O)cc1. The average molecular weight is 492 g/mol. The van der Waals surface area contributed by atoms with Gasteiger partial charge in [-0.05, 0) is 76.1 Å². The van der Waals surface area contributed by atoms with Gasteiger partial charge in [0.2, 0.25) is 15.9 Å². The van der Waals surface area contributed by atoms with Gasteiger partial charge in [0, 0.05) is 23.7 Å². The Bertz CT molecular complexity index is 1190. The molecule has 0 saturated carbocycles. The van der Waals surface area contributed by atoms with Crippen LogP contribution in [0.5, 0.6) is 0 Å². The molecule has 3 amide bonds. The maximum atomic E-state index is 12.6. The highest BCUT2D eigenvalue weighted by molar-refractivity contribution is 7.90. The summed E-state index contributed by atoms with van der Waals surface area (Å²) in [5.41, 5.74) is 1.47. The number of fused-ring (bicyclic) bond motifs is 1. The van der Waals surface area contributed by atoms with Gasteiger partial charge in [0.1, 0.15) is 0 Å². The summed E-state index contributed by atoms with van der Waals surface area (Å²) in [6.45, 7) is 5.14. The van der Waals surface area contributed by atoms with Crippen LogP contribution in [0.15, 0.2) is 42.5 Å². The summed E-state index contributed by atoms with van der Waals surface area (Å²) < 4.78 is 25.6. The van der Waals surface area contributed by atoms with E-state index in [0.29, 0.717) is 34.8 Å². The van der Waals surface area contributed by atoms with E-state index in [0.717, 1.165) is 4.90 Å². The highest BCUT2D eigenvalue weighted by Crippen LogP contribution is 2.30. The summed E-state index contributed by atoms with van der Waals surface area (Å²) in [5.74, 6) is -1.08. The fourth-order valence-corrected chi connectivity index (χ4v) is 4.22. The van der Waals surface area contributed by atoms with E-state index >= 15 is 0 Å². The van der Waals surface area contributed by atoms with Crippen molar-refractivity contribution in [3.8, 4) is 0 Å². The van der Waals surface area contributed by atoms with Crippen molar-refractivity contribution in [2.24, 2.45) is 0 Å². The van der Waals surface area contributed by atoms with E-state index in [1.807, 2.05) is 0 Å². The summed E-state index contributed by atoms with van der Waals surface area (Å²) in [6.07, 6.45) is 1.29. The number of halogens is 1. The van der Waals surface area contributed by atoms with Crippen molar-refractivity contribution in [2.45, 2.75) is 44.8 Å². The number of carbonyl (C=O) groups is 3. The number of unbranched alkanes of at least 4 members (excludes halogenated alkanes) is 1. The van der Waals surface area contributed by atoms with Crippen molar-refractivity contribution >= 4 is 50.7 Å². The van der Waals surface area contributed by atoms with Gasteiger partial charge in [-0.15, -0.1) is 0 Å². The van der Waals surface area contributed by atoms with Crippen LogP contribution in [0.25, 0.3) is 0 Å². The highest BCUT2D eigenvalue weighted by atomic mass is 35.5. The Hall–Kier alpha value is -2.75. The van der Waals surface area contributed by atoms with E-state index in [4.69, 9.17) is 11.6 Å². The van der Waals surface area contributed by atoms with Gasteiger partial charge >= 0.3 is 0 Å². The lowest BCUT2D eigenvalue weighted by Crippen LogP contribution is -2.39. The Morgan fingerprint density at radius 1 is 0.970 bits per heavy atom. The minimum absolute atomic E-state index is 0.211. The zero-order valence-corrected chi connectivity index (χ0v) is 20.2. The van der Waals surface area contributed by atoms with Crippen molar-refractivity contribution in [1.29, 1.82) is 0 Å². The summed E-state index contributed by atoms with van der Waals surface area (Å²) in [5, 5.41) is 3.13. The Kier molecular flexibility index (Phi) is 7.26. The maximum absolute atomic E-state index is 12.6. The molecule has 0 aliphatic carbocycles. The predicted molar refractivity (Wildman–Crippen MR) is 128 cm³/mol. The Balaban J connectivity index is 1.51.